The molecule has 1 saturated carbocycles. The molecule has 5 nitrogen and oxygen atoms in total. The molecule has 1 aliphatic rings. The standard InChI is InChI=1S/C12H20N4O/c1-2-13-11-14-8-5-10(16-11)15-9-12(17)6-3-4-7-12/h5,8,17H,2-4,6-7,9H2,1H3,(H2,13,14,15,16). The second-order valence-electron chi connectivity index (χ2n) is 4.58. The number of aliphatic hydroxyl groups is 1. The van der Waals surface area contributed by atoms with E-state index in [2.05, 4.69) is 20.6 Å². The van der Waals surface area contributed by atoms with E-state index in [-0.39, 0.29) is 0 Å². The monoisotopic (exact) mass is 236 g/mol. The maximum absolute atomic E-state index is 10.2. The minimum Gasteiger partial charge on any atom is -0.388 e. The van der Waals surface area contributed by atoms with Crippen molar-refractivity contribution in [3.05, 3.63) is 12.3 Å². The van der Waals surface area contributed by atoms with Crippen molar-refractivity contribution < 1.29 is 5.11 Å². The topological polar surface area (TPSA) is 70.1 Å². The molecule has 1 aromatic heterocycles. The highest BCUT2D eigenvalue weighted by Crippen LogP contribution is 2.29. The summed E-state index contributed by atoms with van der Waals surface area (Å²) in [5, 5.41) is 16.4. The minimum atomic E-state index is -0.552. The van der Waals surface area contributed by atoms with Crippen molar-refractivity contribution in [2.45, 2.75) is 38.2 Å². The van der Waals surface area contributed by atoms with Gasteiger partial charge in [-0.05, 0) is 25.8 Å². The van der Waals surface area contributed by atoms with Crippen LogP contribution in [0.2, 0.25) is 0 Å². The lowest BCUT2D eigenvalue weighted by Crippen LogP contribution is -2.33. The zero-order valence-electron chi connectivity index (χ0n) is 10.2. The Morgan fingerprint density at radius 3 is 2.82 bits per heavy atom. The summed E-state index contributed by atoms with van der Waals surface area (Å²) in [4.78, 5) is 8.41. The van der Waals surface area contributed by atoms with E-state index in [4.69, 9.17) is 0 Å². The fourth-order valence-electron chi connectivity index (χ4n) is 2.17. The van der Waals surface area contributed by atoms with Crippen LogP contribution in [0.4, 0.5) is 11.8 Å². The van der Waals surface area contributed by atoms with Gasteiger partial charge in [-0.15, -0.1) is 0 Å². The highest BCUT2D eigenvalue weighted by atomic mass is 16.3. The SMILES string of the molecule is CCNc1nccc(NCC2(O)CCCC2)n1. The highest BCUT2D eigenvalue weighted by molar-refractivity contribution is 5.39. The molecule has 0 radical (unpaired) electrons. The minimum absolute atomic E-state index is 0.552. The average Bonchev–Trinajstić information content (AvgIpc) is 2.76. The molecule has 0 unspecified atom stereocenters. The van der Waals surface area contributed by atoms with Crippen LogP contribution in [0.3, 0.4) is 0 Å². The number of nitrogens with zero attached hydrogens (tertiary/aromatic N) is 2. The number of aromatic nitrogens is 2. The van der Waals surface area contributed by atoms with Gasteiger partial charge in [0.25, 0.3) is 0 Å². The van der Waals surface area contributed by atoms with Crippen molar-refractivity contribution in [2.75, 3.05) is 23.7 Å². The zero-order valence-corrected chi connectivity index (χ0v) is 10.2. The quantitative estimate of drug-likeness (QED) is 0.725. The molecule has 5 heteroatoms. The van der Waals surface area contributed by atoms with Gasteiger partial charge in [0.1, 0.15) is 5.82 Å². The van der Waals surface area contributed by atoms with Crippen LogP contribution < -0.4 is 10.6 Å². The summed E-state index contributed by atoms with van der Waals surface area (Å²) in [6.45, 7) is 3.37. The molecule has 0 aliphatic heterocycles. The first-order valence-corrected chi connectivity index (χ1v) is 6.25. The Balaban J connectivity index is 1.91. The molecule has 0 spiro atoms. The van der Waals surface area contributed by atoms with Gasteiger partial charge in [0.2, 0.25) is 5.95 Å². The number of rotatable bonds is 5. The molecular weight excluding hydrogens is 216 g/mol. The number of anilines is 2. The smallest absolute Gasteiger partial charge is 0.224 e. The molecular formula is C12H20N4O. The van der Waals surface area contributed by atoms with Crippen LogP contribution in [0, 0.1) is 0 Å². The molecule has 0 aromatic carbocycles. The fraction of sp³-hybridized carbons (Fsp3) is 0.667. The van der Waals surface area contributed by atoms with Crippen LogP contribution >= 0.6 is 0 Å². The van der Waals surface area contributed by atoms with Gasteiger partial charge < -0.3 is 15.7 Å². The first kappa shape index (κ1) is 12.1. The van der Waals surface area contributed by atoms with E-state index in [0.29, 0.717) is 12.5 Å². The van der Waals surface area contributed by atoms with Crippen molar-refractivity contribution >= 4 is 11.8 Å². The van der Waals surface area contributed by atoms with Crippen LogP contribution in [0.1, 0.15) is 32.6 Å². The molecule has 2 rings (SSSR count). The second kappa shape index (κ2) is 5.31. The molecule has 0 atom stereocenters. The van der Waals surface area contributed by atoms with E-state index < -0.39 is 5.60 Å². The molecule has 0 amide bonds. The lowest BCUT2D eigenvalue weighted by molar-refractivity contribution is 0.0614. The second-order valence-corrected chi connectivity index (χ2v) is 4.58. The van der Waals surface area contributed by atoms with Crippen LogP contribution in [-0.2, 0) is 0 Å². The summed E-state index contributed by atoms with van der Waals surface area (Å²) in [6, 6.07) is 1.82. The van der Waals surface area contributed by atoms with Gasteiger partial charge in [0, 0.05) is 19.3 Å². The van der Waals surface area contributed by atoms with Gasteiger partial charge in [0.05, 0.1) is 5.60 Å². The van der Waals surface area contributed by atoms with E-state index in [0.717, 1.165) is 38.0 Å². The fourth-order valence-corrected chi connectivity index (χ4v) is 2.17. The Labute approximate surface area is 102 Å². The highest BCUT2D eigenvalue weighted by Gasteiger charge is 2.30. The number of hydrogen-bond donors (Lipinski definition) is 3. The van der Waals surface area contributed by atoms with Crippen molar-refractivity contribution in [2.24, 2.45) is 0 Å². The summed E-state index contributed by atoms with van der Waals surface area (Å²) in [5.74, 6) is 1.38. The van der Waals surface area contributed by atoms with E-state index in [1.54, 1.807) is 6.20 Å². The van der Waals surface area contributed by atoms with Gasteiger partial charge in [-0.2, -0.15) is 4.98 Å². The van der Waals surface area contributed by atoms with Gasteiger partial charge in [0.15, 0.2) is 0 Å². The summed E-state index contributed by atoms with van der Waals surface area (Å²) in [7, 11) is 0. The maximum Gasteiger partial charge on any atom is 0.224 e. The molecule has 94 valence electrons. The van der Waals surface area contributed by atoms with E-state index in [9.17, 15) is 5.11 Å². The third-order valence-electron chi connectivity index (χ3n) is 3.12. The number of hydrogen-bond acceptors (Lipinski definition) is 5. The Bertz CT molecular complexity index is 363. The predicted molar refractivity (Wildman–Crippen MR) is 68.1 cm³/mol. The zero-order chi connectivity index (χ0) is 12.1. The van der Waals surface area contributed by atoms with E-state index in [1.165, 1.54) is 0 Å². The third kappa shape index (κ3) is 3.30. The van der Waals surface area contributed by atoms with E-state index in [1.807, 2.05) is 13.0 Å². The predicted octanol–water partition coefficient (Wildman–Crippen LogP) is 1.63. The Kier molecular flexibility index (Phi) is 3.78. The summed E-state index contributed by atoms with van der Waals surface area (Å²) in [6.07, 6.45) is 5.71. The third-order valence-corrected chi connectivity index (χ3v) is 3.12. The summed E-state index contributed by atoms with van der Waals surface area (Å²) in [5.41, 5.74) is -0.552. The molecule has 17 heavy (non-hydrogen) atoms. The van der Waals surface area contributed by atoms with Gasteiger partial charge in [-0.1, -0.05) is 12.8 Å². The first-order chi connectivity index (χ1) is 8.22. The van der Waals surface area contributed by atoms with Gasteiger partial charge in [-0.25, -0.2) is 4.98 Å². The van der Waals surface area contributed by atoms with Crippen LogP contribution in [0.5, 0.6) is 0 Å². The molecule has 1 aliphatic carbocycles. The Hall–Kier alpha value is -1.36. The lowest BCUT2D eigenvalue weighted by Gasteiger charge is -2.22. The summed E-state index contributed by atoms with van der Waals surface area (Å²) < 4.78 is 0. The molecule has 0 bridgehead atoms. The molecule has 3 N–H and O–H groups in total. The molecule has 1 aromatic rings. The number of nitrogens with one attached hydrogen (secondary N) is 2. The molecule has 1 fully saturated rings. The maximum atomic E-state index is 10.2. The van der Waals surface area contributed by atoms with Crippen LogP contribution in [0.15, 0.2) is 12.3 Å². The van der Waals surface area contributed by atoms with Crippen molar-refractivity contribution in [3.63, 3.8) is 0 Å². The average molecular weight is 236 g/mol. The van der Waals surface area contributed by atoms with Crippen LogP contribution in [0.25, 0.3) is 0 Å². The summed E-state index contributed by atoms with van der Waals surface area (Å²) >= 11 is 0. The van der Waals surface area contributed by atoms with Crippen molar-refractivity contribution in [1.29, 1.82) is 0 Å². The lowest BCUT2D eigenvalue weighted by atomic mass is 10.0. The van der Waals surface area contributed by atoms with Crippen molar-refractivity contribution in [1.82, 2.24) is 9.97 Å². The molecule has 0 saturated heterocycles. The normalized spacial score (nSPS) is 18.0. The Morgan fingerprint density at radius 2 is 2.12 bits per heavy atom. The van der Waals surface area contributed by atoms with Gasteiger partial charge in [-0.3, -0.25) is 0 Å². The Morgan fingerprint density at radius 1 is 1.35 bits per heavy atom. The molecule has 1 heterocycles. The largest absolute Gasteiger partial charge is 0.388 e. The van der Waals surface area contributed by atoms with Crippen molar-refractivity contribution in [3.8, 4) is 0 Å². The first-order valence-electron chi connectivity index (χ1n) is 6.25. The van der Waals surface area contributed by atoms with Crippen LogP contribution in [-0.4, -0.2) is 33.8 Å². The van der Waals surface area contributed by atoms with E-state index >= 15 is 0 Å². The van der Waals surface area contributed by atoms with Gasteiger partial charge >= 0.3 is 0 Å².